The van der Waals surface area contributed by atoms with Crippen LogP contribution in [0.4, 0.5) is 0 Å². The number of fused-ring (bicyclic) bond motifs is 2. The lowest BCUT2D eigenvalue weighted by Crippen LogP contribution is -2.18. The van der Waals surface area contributed by atoms with Crippen molar-refractivity contribution in [2.24, 2.45) is 0 Å². The zero-order valence-corrected chi connectivity index (χ0v) is 17.0. The second kappa shape index (κ2) is 8.38. The first kappa shape index (κ1) is 19.7. The second-order valence-corrected chi connectivity index (χ2v) is 7.30. The molecule has 1 heterocycles. The van der Waals surface area contributed by atoms with Gasteiger partial charge in [-0.2, -0.15) is 5.26 Å². The molecule has 1 aliphatic carbocycles. The number of hydrogen-bond donors (Lipinski definition) is 0. The van der Waals surface area contributed by atoms with E-state index in [2.05, 4.69) is 6.08 Å². The normalized spacial score (nSPS) is 15.3. The Bertz CT molecular complexity index is 1170. The van der Waals surface area contributed by atoms with Gasteiger partial charge in [0.1, 0.15) is 11.8 Å². The molecule has 1 atom stereocenters. The Labute approximate surface area is 175 Å². The third kappa shape index (κ3) is 3.77. The fraction of sp³-hybridized carbons (Fsp3) is 0.240. The van der Waals surface area contributed by atoms with Gasteiger partial charge in [0.15, 0.2) is 6.10 Å². The highest BCUT2D eigenvalue weighted by Crippen LogP contribution is 2.36. The quantitative estimate of drug-likeness (QED) is 0.566. The molecular weight excluding hydrogens is 376 g/mol. The molecule has 0 amide bonds. The molecule has 1 aliphatic rings. The minimum Gasteiger partial charge on any atom is -0.497 e. The molecule has 150 valence electrons. The maximum absolute atomic E-state index is 13.0. The lowest BCUT2D eigenvalue weighted by Gasteiger charge is -2.22. The van der Waals surface area contributed by atoms with Gasteiger partial charge in [-0.15, -0.1) is 0 Å². The molecule has 1 unspecified atom stereocenters. The molecule has 0 fully saturated rings. The van der Waals surface area contributed by atoms with E-state index >= 15 is 0 Å². The van der Waals surface area contributed by atoms with Gasteiger partial charge in [0, 0.05) is 5.39 Å². The summed E-state index contributed by atoms with van der Waals surface area (Å²) >= 11 is 0. The summed E-state index contributed by atoms with van der Waals surface area (Å²) in [5.74, 6) is 0.339. The molecule has 0 radical (unpaired) electrons. The molecule has 0 spiro atoms. The number of nitriles is 1. The molecular formula is C25H22N2O3. The van der Waals surface area contributed by atoms with E-state index in [-0.39, 0.29) is 0 Å². The number of hydrogen-bond acceptors (Lipinski definition) is 5. The molecule has 4 rings (SSSR count). The van der Waals surface area contributed by atoms with Gasteiger partial charge in [-0.1, -0.05) is 30.3 Å². The minimum absolute atomic E-state index is 0.468. The van der Waals surface area contributed by atoms with Crippen LogP contribution in [0.3, 0.4) is 0 Å². The van der Waals surface area contributed by atoms with Crippen LogP contribution in [0.5, 0.6) is 5.75 Å². The first-order valence-electron chi connectivity index (χ1n) is 9.98. The van der Waals surface area contributed by atoms with E-state index in [9.17, 15) is 4.79 Å². The van der Waals surface area contributed by atoms with Gasteiger partial charge in [-0.05, 0) is 67.2 Å². The van der Waals surface area contributed by atoms with Crippen molar-refractivity contribution in [1.29, 1.82) is 5.26 Å². The van der Waals surface area contributed by atoms with Crippen LogP contribution in [0, 0.1) is 11.3 Å². The number of allylic oxidation sites excluding steroid dienone is 1. The lowest BCUT2D eigenvalue weighted by molar-refractivity contribution is 0.0436. The Balaban J connectivity index is 1.86. The minimum atomic E-state index is -0.807. The van der Waals surface area contributed by atoms with Gasteiger partial charge in [-0.25, -0.2) is 9.78 Å². The Morgan fingerprint density at radius 3 is 2.67 bits per heavy atom. The predicted octanol–water partition coefficient (Wildman–Crippen LogP) is 5.19. The Morgan fingerprint density at radius 2 is 1.93 bits per heavy atom. The van der Waals surface area contributed by atoms with Crippen molar-refractivity contribution in [2.75, 3.05) is 7.11 Å². The third-order valence-electron chi connectivity index (χ3n) is 5.30. The van der Waals surface area contributed by atoms with Gasteiger partial charge in [0.05, 0.1) is 23.9 Å². The number of rotatable bonds is 4. The summed E-state index contributed by atoms with van der Waals surface area (Å²) in [6.45, 7) is 1.57. The second-order valence-electron chi connectivity index (χ2n) is 7.30. The van der Waals surface area contributed by atoms with Crippen molar-refractivity contribution < 1.29 is 14.3 Å². The maximum atomic E-state index is 13.0. The smallest absolute Gasteiger partial charge is 0.340 e. The number of carbonyl (C=O) groups is 1. The van der Waals surface area contributed by atoms with Crippen LogP contribution in [-0.4, -0.2) is 24.2 Å². The molecule has 1 aromatic heterocycles. The van der Waals surface area contributed by atoms with Crippen molar-refractivity contribution >= 4 is 28.5 Å². The number of carbonyl (C=O) groups excluding carboxylic acids is 1. The number of nitrogens with zero attached hydrogens (tertiary/aromatic N) is 2. The lowest BCUT2D eigenvalue weighted by atomic mass is 9.86. The average Bonchev–Trinajstić information content (AvgIpc) is 2.78. The maximum Gasteiger partial charge on any atom is 0.340 e. The Hall–Kier alpha value is -3.65. The Kier molecular flexibility index (Phi) is 5.49. The fourth-order valence-electron chi connectivity index (χ4n) is 3.86. The van der Waals surface area contributed by atoms with Crippen LogP contribution in [0.2, 0.25) is 0 Å². The summed E-state index contributed by atoms with van der Waals surface area (Å²) in [4.78, 5) is 17.9. The van der Waals surface area contributed by atoms with E-state index in [1.165, 1.54) is 0 Å². The molecule has 3 aromatic rings. The van der Waals surface area contributed by atoms with Crippen LogP contribution in [0.25, 0.3) is 22.6 Å². The van der Waals surface area contributed by atoms with Gasteiger partial charge in [-0.3, -0.25) is 0 Å². The van der Waals surface area contributed by atoms with E-state index in [1.54, 1.807) is 14.0 Å². The summed E-state index contributed by atoms with van der Waals surface area (Å²) < 4.78 is 10.6. The van der Waals surface area contributed by atoms with Crippen molar-refractivity contribution in [3.05, 3.63) is 70.9 Å². The highest BCUT2D eigenvalue weighted by Gasteiger charge is 2.26. The van der Waals surface area contributed by atoms with Gasteiger partial charge in [0.25, 0.3) is 0 Å². The number of esters is 1. The summed E-state index contributed by atoms with van der Waals surface area (Å²) in [6.07, 6.45) is 3.86. The summed E-state index contributed by atoms with van der Waals surface area (Å²) in [6, 6.07) is 17.4. The summed E-state index contributed by atoms with van der Waals surface area (Å²) in [7, 11) is 1.65. The van der Waals surface area contributed by atoms with E-state index in [0.29, 0.717) is 5.56 Å². The van der Waals surface area contributed by atoms with E-state index in [1.807, 2.05) is 54.6 Å². The Morgan fingerprint density at radius 1 is 1.17 bits per heavy atom. The highest BCUT2D eigenvalue weighted by atomic mass is 16.5. The van der Waals surface area contributed by atoms with Crippen LogP contribution in [-0.2, 0) is 11.2 Å². The number of pyridine rings is 1. The first-order chi connectivity index (χ1) is 14.6. The summed E-state index contributed by atoms with van der Waals surface area (Å²) in [5.41, 5.74) is 5.15. The van der Waals surface area contributed by atoms with Crippen molar-refractivity contribution in [1.82, 2.24) is 4.98 Å². The monoisotopic (exact) mass is 398 g/mol. The largest absolute Gasteiger partial charge is 0.497 e. The third-order valence-corrected chi connectivity index (χ3v) is 5.30. The van der Waals surface area contributed by atoms with E-state index in [4.69, 9.17) is 19.7 Å². The molecule has 0 saturated heterocycles. The number of para-hydroxylation sites is 1. The molecule has 0 saturated carbocycles. The van der Waals surface area contributed by atoms with Gasteiger partial charge in [0.2, 0.25) is 0 Å². The standard InChI is InChI=1S/C25H22N2O3/c1-16(15-26)30-25(28)23-20-7-3-4-9-22(20)27-24-18(6-5-8-21(23)24)14-17-10-12-19(29-2)13-11-17/h3-4,7,9-14,16H,5-6,8H2,1-2H3/b18-14+. The molecule has 30 heavy (non-hydrogen) atoms. The van der Waals surface area contributed by atoms with Crippen molar-refractivity contribution in [3.63, 3.8) is 0 Å². The molecule has 0 N–H and O–H groups in total. The topological polar surface area (TPSA) is 72.2 Å². The van der Waals surface area contributed by atoms with E-state index < -0.39 is 12.1 Å². The van der Waals surface area contributed by atoms with Crippen molar-refractivity contribution in [3.8, 4) is 11.8 Å². The molecule has 5 nitrogen and oxygen atoms in total. The van der Waals surface area contributed by atoms with Crippen LogP contribution in [0.15, 0.2) is 48.5 Å². The van der Waals surface area contributed by atoms with Gasteiger partial charge >= 0.3 is 5.97 Å². The zero-order chi connectivity index (χ0) is 21.1. The SMILES string of the molecule is COc1ccc(/C=C2\CCCc3c2nc2ccccc2c3C(=O)OC(C)C#N)cc1. The zero-order valence-electron chi connectivity index (χ0n) is 17.0. The average molecular weight is 398 g/mol. The van der Waals surface area contributed by atoms with Crippen molar-refractivity contribution in [2.45, 2.75) is 32.3 Å². The highest BCUT2D eigenvalue weighted by molar-refractivity contribution is 6.06. The van der Waals surface area contributed by atoms with Crippen LogP contribution in [0.1, 0.15) is 46.9 Å². The molecule has 0 aliphatic heterocycles. The molecule has 2 aromatic carbocycles. The number of benzene rings is 2. The number of methoxy groups -OCH3 is 1. The van der Waals surface area contributed by atoms with E-state index in [0.717, 1.165) is 58.3 Å². The molecule has 0 bridgehead atoms. The number of aromatic nitrogens is 1. The predicted molar refractivity (Wildman–Crippen MR) is 116 cm³/mol. The summed E-state index contributed by atoms with van der Waals surface area (Å²) in [5, 5.41) is 9.83. The van der Waals surface area contributed by atoms with Crippen LogP contribution < -0.4 is 4.74 Å². The van der Waals surface area contributed by atoms with Crippen LogP contribution >= 0.6 is 0 Å². The first-order valence-corrected chi connectivity index (χ1v) is 9.98. The molecule has 5 heteroatoms. The van der Waals surface area contributed by atoms with Gasteiger partial charge < -0.3 is 9.47 Å². The fourth-order valence-corrected chi connectivity index (χ4v) is 3.86. The number of ether oxygens (including phenoxy) is 2.